The predicted molar refractivity (Wildman–Crippen MR) is 134 cm³/mol. The SMILES string of the molecule is COc1ccc([C@H](CNC(=O)c2c(-n3cccc3)sc3c2CCSC3)N2CCOCC2)cc1. The molecule has 8 heteroatoms. The van der Waals surface area contributed by atoms with E-state index in [1.807, 2.05) is 48.4 Å². The second-order valence-corrected chi connectivity index (χ2v) is 10.4. The van der Waals surface area contributed by atoms with Gasteiger partial charge in [-0.2, -0.15) is 11.8 Å². The van der Waals surface area contributed by atoms with Crippen LogP contribution in [0.15, 0.2) is 48.8 Å². The molecule has 0 unspecified atom stereocenters. The Kier molecular flexibility index (Phi) is 7.06. The third-order valence-corrected chi connectivity index (χ3v) is 8.72. The van der Waals surface area contributed by atoms with Gasteiger partial charge < -0.3 is 19.4 Å². The number of fused-ring (bicyclic) bond motifs is 1. The summed E-state index contributed by atoms with van der Waals surface area (Å²) in [6.07, 6.45) is 5.00. The van der Waals surface area contributed by atoms with E-state index in [-0.39, 0.29) is 11.9 Å². The van der Waals surface area contributed by atoms with E-state index in [2.05, 4.69) is 26.9 Å². The third kappa shape index (κ3) is 4.84. The van der Waals surface area contributed by atoms with E-state index in [9.17, 15) is 4.79 Å². The number of methoxy groups -OCH3 is 1. The molecule has 3 aromatic rings. The van der Waals surface area contributed by atoms with Crippen molar-refractivity contribution in [3.63, 3.8) is 0 Å². The first-order valence-corrected chi connectivity index (χ1v) is 13.3. The Bertz CT molecular complexity index is 1070. The van der Waals surface area contributed by atoms with Crippen molar-refractivity contribution >= 4 is 29.0 Å². The van der Waals surface area contributed by atoms with Crippen molar-refractivity contribution in [1.82, 2.24) is 14.8 Å². The van der Waals surface area contributed by atoms with Gasteiger partial charge in [-0.15, -0.1) is 11.3 Å². The standard InChI is InChI=1S/C25H29N3O3S2/c1-30-19-6-4-18(5-7-19)21(27-11-13-31-14-12-27)16-26-24(29)23-20-8-15-32-17-22(20)33-25(23)28-9-2-3-10-28/h2-7,9-10,21H,8,11-17H2,1H3,(H,26,29)/t21-/m0/s1. The molecule has 2 aliphatic rings. The van der Waals surface area contributed by atoms with E-state index in [4.69, 9.17) is 9.47 Å². The predicted octanol–water partition coefficient (Wildman–Crippen LogP) is 4.14. The fraction of sp³-hybridized carbons (Fsp3) is 0.400. The highest BCUT2D eigenvalue weighted by Gasteiger charge is 2.28. The van der Waals surface area contributed by atoms with Gasteiger partial charge in [0.05, 0.1) is 31.9 Å². The average molecular weight is 484 g/mol. The number of morpholine rings is 1. The van der Waals surface area contributed by atoms with Crippen molar-refractivity contribution in [2.45, 2.75) is 18.2 Å². The number of carbonyl (C=O) groups excluding carboxylic acids is 1. The average Bonchev–Trinajstić information content (AvgIpc) is 3.53. The van der Waals surface area contributed by atoms with Gasteiger partial charge >= 0.3 is 0 Å². The molecule has 0 saturated carbocycles. The molecule has 2 aliphatic heterocycles. The molecule has 4 heterocycles. The number of carbonyl (C=O) groups is 1. The lowest BCUT2D eigenvalue weighted by Gasteiger charge is -2.35. The summed E-state index contributed by atoms with van der Waals surface area (Å²) in [6.45, 7) is 3.69. The molecule has 5 rings (SSSR count). The molecule has 0 bridgehead atoms. The summed E-state index contributed by atoms with van der Waals surface area (Å²) in [5.74, 6) is 2.92. The Labute approximate surface area is 202 Å². The molecule has 33 heavy (non-hydrogen) atoms. The smallest absolute Gasteiger partial charge is 0.254 e. The monoisotopic (exact) mass is 483 g/mol. The maximum Gasteiger partial charge on any atom is 0.254 e. The maximum absolute atomic E-state index is 13.6. The first-order chi connectivity index (χ1) is 16.2. The molecule has 0 spiro atoms. The van der Waals surface area contributed by atoms with Crippen molar-refractivity contribution in [2.75, 3.05) is 45.7 Å². The van der Waals surface area contributed by atoms with Gasteiger partial charge in [-0.1, -0.05) is 12.1 Å². The molecule has 1 aromatic carbocycles. The number of hydrogen-bond donors (Lipinski definition) is 1. The molecule has 174 valence electrons. The molecule has 2 aromatic heterocycles. The molecular weight excluding hydrogens is 454 g/mol. The molecule has 0 radical (unpaired) electrons. The molecule has 0 aliphatic carbocycles. The highest BCUT2D eigenvalue weighted by atomic mass is 32.2. The molecule has 1 saturated heterocycles. The van der Waals surface area contributed by atoms with Crippen molar-refractivity contribution < 1.29 is 14.3 Å². The lowest BCUT2D eigenvalue weighted by Crippen LogP contribution is -2.44. The van der Waals surface area contributed by atoms with E-state index in [1.165, 1.54) is 16.0 Å². The van der Waals surface area contributed by atoms with Crippen LogP contribution in [0.1, 0.15) is 32.4 Å². The summed E-state index contributed by atoms with van der Waals surface area (Å²) < 4.78 is 13.0. The topological polar surface area (TPSA) is 55.7 Å². The molecule has 1 fully saturated rings. The zero-order chi connectivity index (χ0) is 22.6. The quantitative estimate of drug-likeness (QED) is 0.547. The van der Waals surface area contributed by atoms with Gasteiger partial charge in [-0.3, -0.25) is 9.69 Å². The van der Waals surface area contributed by atoms with E-state index >= 15 is 0 Å². The van der Waals surface area contributed by atoms with Gasteiger partial charge in [0.15, 0.2) is 0 Å². The second kappa shape index (κ2) is 10.3. The van der Waals surface area contributed by atoms with Gasteiger partial charge in [0.25, 0.3) is 5.91 Å². The maximum atomic E-state index is 13.6. The summed E-state index contributed by atoms with van der Waals surface area (Å²) in [5.41, 5.74) is 3.25. The van der Waals surface area contributed by atoms with Crippen molar-refractivity contribution in [3.05, 3.63) is 70.4 Å². The Balaban J connectivity index is 1.40. The fourth-order valence-corrected chi connectivity index (χ4v) is 7.00. The fourth-order valence-electron chi connectivity index (χ4n) is 4.55. The van der Waals surface area contributed by atoms with Crippen LogP contribution in [0.3, 0.4) is 0 Å². The van der Waals surface area contributed by atoms with Crippen LogP contribution in [-0.4, -0.2) is 61.1 Å². The summed E-state index contributed by atoms with van der Waals surface area (Å²) in [6, 6.07) is 12.3. The normalized spacial score (nSPS) is 17.4. The number of nitrogens with one attached hydrogen (secondary N) is 1. The number of nitrogens with zero attached hydrogens (tertiary/aromatic N) is 2. The Morgan fingerprint density at radius 1 is 1.18 bits per heavy atom. The first kappa shape index (κ1) is 22.5. The highest BCUT2D eigenvalue weighted by Crippen LogP contribution is 2.38. The Hall–Kier alpha value is -2.26. The molecular formula is C25H29N3O3S2. The molecule has 1 amide bonds. The van der Waals surface area contributed by atoms with Crippen LogP contribution in [0.25, 0.3) is 5.00 Å². The number of rotatable bonds is 7. The van der Waals surface area contributed by atoms with Crippen LogP contribution in [0.4, 0.5) is 0 Å². The number of amides is 1. The number of aromatic nitrogens is 1. The lowest BCUT2D eigenvalue weighted by atomic mass is 10.0. The van der Waals surface area contributed by atoms with Gasteiger partial charge in [0.2, 0.25) is 0 Å². The van der Waals surface area contributed by atoms with Crippen LogP contribution < -0.4 is 10.1 Å². The number of benzene rings is 1. The minimum absolute atomic E-state index is 0.0230. The van der Waals surface area contributed by atoms with E-state index in [0.717, 1.165) is 47.3 Å². The van der Waals surface area contributed by atoms with E-state index in [0.29, 0.717) is 19.8 Å². The summed E-state index contributed by atoms with van der Waals surface area (Å²) >= 11 is 3.70. The zero-order valence-corrected chi connectivity index (χ0v) is 20.4. The van der Waals surface area contributed by atoms with E-state index in [1.54, 1.807) is 18.4 Å². The third-order valence-electron chi connectivity index (χ3n) is 6.31. The number of ether oxygens (including phenoxy) is 2. The Morgan fingerprint density at radius 3 is 2.67 bits per heavy atom. The highest BCUT2D eigenvalue weighted by molar-refractivity contribution is 7.98. The molecule has 6 nitrogen and oxygen atoms in total. The summed E-state index contributed by atoms with van der Waals surface area (Å²) in [5, 5.41) is 4.32. The van der Waals surface area contributed by atoms with Crippen molar-refractivity contribution in [1.29, 1.82) is 0 Å². The van der Waals surface area contributed by atoms with Crippen LogP contribution in [0.2, 0.25) is 0 Å². The minimum atomic E-state index is 0.0230. The van der Waals surface area contributed by atoms with Crippen LogP contribution >= 0.6 is 23.1 Å². The van der Waals surface area contributed by atoms with Gasteiger partial charge in [0.1, 0.15) is 10.8 Å². The molecule has 1 N–H and O–H groups in total. The molecule has 1 atom stereocenters. The first-order valence-electron chi connectivity index (χ1n) is 11.3. The largest absolute Gasteiger partial charge is 0.497 e. The van der Waals surface area contributed by atoms with Gasteiger partial charge in [-0.05, 0) is 47.6 Å². The number of hydrogen-bond acceptors (Lipinski definition) is 6. The summed E-state index contributed by atoms with van der Waals surface area (Å²) in [4.78, 5) is 17.4. The second-order valence-electron chi connectivity index (χ2n) is 8.22. The van der Waals surface area contributed by atoms with E-state index < -0.39 is 0 Å². The van der Waals surface area contributed by atoms with Crippen molar-refractivity contribution in [2.24, 2.45) is 0 Å². The lowest BCUT2D eigenvalue weighted by molar-refractivity contribution is 0.0162. The van der Waals surface area contributed by atoms with Gasteiger partial charge in [0, 0.05) is 42.7 Å². The zero-order valence-electron chi connectivity index (χ0n) is 18.8. The minimum Gasteiger partial charge on any atom is -0.497 e. The van der Waals surface area contributed by atoms with Crippen LogP contribution in [0, 0.1) is 0 Å². The number of thioether (sulfide) groups is 1. The van der Waals surface area contributed by atoms with Crippen LogP contribution in [-0.2, 0) is 16.9 Å². The summed E-state index contributed by atoms with van der Waals surface area (Å²) in [7, 11) is 1.68. The Morgan fingerprint density at radius 2 is 1.94 bits per heavy atom. The number of thiophene rings is 1. The van der Waals surface area contributed by atoms with Gasteiger partial charge in [-0.25, -0.2) is 0 Å². The van der Waals surface area contributed by atoms with Crippen LogP contribution in [0.5, 0.6) is 5.75 Å². The van der Waals surface area contributed by atoms with Crippen molar-refractivity contribution in [3.8, 4) is 10.8 Å².